The van der Waals surface area contributed by atoms with Crippen LogP contribution < -0.4 is 0 Å². The molecule has 0 unspecified atom stereocenters. The number of aryl methyl sites for hydroxylation is 1. The average Bonchev–Trinajstić information content (AvgIpc) is 3.47. The fraction of sp³-hybridized carbons (Fsp3) is 0.0323. The van der Waals surface area contributed by atoms with Gasteiger partial charge < -0.3 is 0 Å². The molecule has 0 saturated carbocycles. The lowest BCUT2D eigenvalue weighted by atomic mass is 9.84. The topological polar surface area (TPSA) is 0 Å². The number of hydrogen-bond acceptors (Lipinski definition) is 1. The van der Waals surface area contributed by atoms with Crippen molar-refractivity contribution in [3.8, 4) is 43.8 Å². The van der Waals surface area contributed by atoms with Crippen LogP contribution in [0.2, 0.25) is 0 Å². The van der Waals surface area contributed by atoms with E-state index in [9.17, 15) is 0 Å². The maximum Gasteiger partial charge on any atom is 0.0355 e. The van der Waals surface area contributed by atoms with Gasteiger partial charge in [0.05, 0.1) is 0 Å². The summed E-state index contributed by atoms with van der Waals surface area (Å²) >= 11 is 1.83. The van der Waals surface area contributed by atoms with Crippen molar-refractivity contribution in [1.82, 2.24) is 0 Å². The average molecular weight is 425 g/mol. The van der Waals surface area contributed by atoms with Gasteiger partial charge in [-0.2, -0.15) is 0 Å². The van der Waals surface area contributed by atoms with Crippen molar-refractivity contribution in [2.45, 2.75) is 6.92 Å². The third kappa shape index (κ3) is 2.37. The molecule has 1 aromatic heterocycles. The van der Waals surface area contributed by atoms with Crippen LogP contribution in [0.3, 0.4) is 0 Å². The number of benzene rings is 5. The van der Waals surface area contributed by atoms with Crippen molar-refractivity contribution in [1.29, 1.82) is 0 Å². The lowest BCUT2D eigenvalue weighted by Gasteiger charge is -2.19. The molecule has 5 aromatic carbocycles. The van der Waals surface area contributed by atoms with E-state index < -0.39 is 0 Å². The molecule has 0 atom stereocenters. The van der Waals surface area contributed by atoms with Crippen molar-refractivity contribution >= 4 is 32.9 Å². The third-order valence-corrected chi connectivity index (χ3v) is 7.65. The Bertz CT molecular complexity index is 1650. The zero-order chi connectivity index (χ0) is 21.2. The van der Waals surface area contributed by atoms with Crippen LogP contribution >= 0.6 is 11.3 Å². The molecule has 0 saturated heterocycles. The first-order valence-corrected chi connectivity index (χ1v) is 11.9. The summed E-state index contributed by atoms with van der Waals surface area (Å²) in [5, 5.41) is 7.53. The second kappa shape index (κ2) is 6.66. The monoisotopic (exact) mass is 424 g/mol. The molecule has 0 aliphatic heterocycles. The van der Waals surface area contributed by atoms with E-state index in [0.717, 1.165) is 0 Å². The summed E-state index contributed by atoms with van der Waals surface area (Å²) in [4.78, 5) is 1.33. The summed E-state index contributed by atoms with van der Waals surface area (Å²) in [7, 11) is 0. The highest BCUT2D eigenvalue weighted by atomic mass is 32.1. The molecular weight excluding hydrogens is 404 g/mol. The molecule has 0 fully saturated rings. The van der Waals surface area contributed by atoms with Gasteiger partial charge in [-0.1, -0.05) is 96.6 Å². The highest BCUT2D eigenvalue weighted by Crippen LogP contribution is 2.57. The van der Waals surface area contributed by atoms with Gasteiger partial charge in [0.25, 0.3) is 0 Å². The van der Waals surface area contributed by atoms with Crippen molar-refractivity contribution < 1.29 is 0 Å². The number of hydrogen-bond donors (Lipinski definition) is 0. The molecule has 0 radical (unpaired) electrons. The SMILES string of the molecule is Cc1ccc(-c2c3c(c(-c4cccs4)c4ccccc24)-c2cccc4cccc-3c24)cc1. The molecule has 1 aliphatic carbocycles. The van der Waals surface area contributed by atoms with E-state index in [2.05, 4.69) is 109 Å². The molecule has 0 bridgehead atoms. The van der Waals surface area contributed by atoms with E-state index in [0.29, 0.717) is 0 Å². The van der Waals surface area contributed by atoms with Crippen LogP contribution in [0.5, 0.6) is 0 Å². The molecule has 0 amide bonds. The van der Waals surface area contributed by atoms with E-state index in [1.807, 2.05) is 11.3 Å². The highest BCUT2D eigenvalue weighted by Gasteiger charge is 2.30. The van der Waals surface area contributed by atoms with Crippen LogP contribution in [-0.2, 0) is 0 Å². The summed E-state index contributed by atoms with van der Waals surface area (Å²) in [6.07, 6.45) is 0. The van der Waals surface area contributed by atoms with Gasteiger partial charge in [-0.05, 0) is 67.7 Å². The summed E-state index contributed by atoms with van der Waals surface area (Å²) in [6, 6.07) is 35.9. The van der Waals surface area contributed by atoms with E-state index in [-0.39, 0.29) is 0 Å². The number of fused-ring (bicyclic) bond motifs is 4. The standard InChI is InChI=1S/C31H20S/c1-19-14-16-21(17-15-19)28-22-9-2-3-10-23(22)29(26-13-6-18-32-26)31-25-12-5-8-20-7-4-11-24(27(20)25)30(28)31/h2-18H,1H3. The minimum Gasteiger partial charge on any atom is -0.144 e. The molecule has 7 rings (SSSR count). The molecule has 6 aromatic rings. The minimum absolute atomic E-state index is 1.28. The second-order valence-electron chi connectivity index (χ2n) is 8.60. The maximum absolute atomic E-state index is 2.31. The van der Waals surface area contributed by atoms with Gasteiger partial charge in [-0.3, -0.25) is 0 Å². The molecule has 0 spiro atoms. The molecule has 32 heavy (non-hydrogen) atoms. The van der Waals surface area contributed by atoms with Gasteiger partial charge in [-0.25, -0.2) is 0 Å². The van der Waals surface area contributed by atoms with Crippen LogP contribution in [0.25, 0.3) is 65.4 Å². The Kier molecular flexibility index (Phi) is 3.73. The molecule has 1 heteroatoms. The van der Waals surface area contributed by atoms with Gasteiger partial charge in [-0.15, -0.1) is 11.3 Å². The van der Waals surface area contributed by atoms with Gasteiger partial charge >= 0.3 is 0 Å². The Morgan fingerprint density at radius 1 is 0.531 bits per heavy atom. The van der Waals surface area contributed by atoms with Gasteiger partial charge in [0.15, 0.2) is 0 Å². The zero-order valence-electron chi connectivity index (χ0n) is 17.7. The Hall–Kier alpha value is -3.68. The zero-order valence-corrected chi connectivity index (χ0v) is 18.5. The Balaban J connectivity index is 1.76. The molecule has 150 valence electrons. The molecule has 1 heterocycles. The van der Waals surface area contributed by atoms with Gasteiger partial charge in [0.1, 0.15) is 0 Å². The van der Waals surface area contributed by atoms with E-state index >= 15 is 0 Å². The van der Waals surface area contributed by atoms with Crippen LogP contribution in [0.4, 0.5) is 0 Å². The first-order valence-electron chi connectivity index (χ1n) is 11.0. The van der Waals surface area contributed by atoms with Crippen LogP contribution in [0.15, 0.2) is 102 Å². The quantitative estimate of drug-likeness (QED) is 0.259. The summed E-state index contributed by atoms with van der Waals surface area (Å²) < 4.78 is 0. The normalized spacial score (nSPS) is 11.9. The lowest BCUT2D eigenvalue weighted by molar-refractivity contribution is 1.47. The first-order chi connectivity index (χ1) is 15.8. The fourth-order valence-corrected chi connectivity index (χ4v) is 6.22. The van der Waals surface area contributed by atoms with E-state index in [1.165, 1.54) is 70.9 Å². The molecule has 0 N–H and O–H groups in total. The lowest BCUT2D eigenvalue weighted by Crippen LogP contribution is -1.92. The van der Waals surface area contributed by atoms with Crippen molar-refractivity contribution in [3.63, 3.8) is 0 Å². The van der Waals surface area contributed by atoms with Crippen molar-refractivity contribution in [2.24, 2.45) is 0 Å². The molecular formula is C31H20S. The third-order valence-electron chi connectivity index (χ3n) is 6.77. The minimum atomic E-state index is 1.28. The van der Waals surface area contributed by atoms with Crippen LogP contribution in [0, 0.1) is 6.92 Å². The van der Waals surface area contributed by atoms with E-state index in [1.54, 1.807) is 0 Å². The summed E-state index contributed by atoms with van der Waals surface area (Å²) in [5.74, 6) is 0. The highest BCUT2D eigenvalue weighted by molar-refractivity contribution is 7.13. The smallest absolute Gasteiger partial charge is 0.0355 e. The predicted molar refractivity (Wildman–Crippen MR) is 139 cm³/mol. The van der Waals surface area contributed by atoms with Gasteiger partial charge in [0.2, 0.25) is 0 Å². The Morgan fingerprint density at radius 2 is 1.19 bits per heavy atom. The predicted octanol–water partition coefficient (Wildman–Crippen LogP) is 9.34. The summed E-state index contributed by atoms with van der Waals surface area (Å²) in [6.45, 7) is 2.16. The van der Waals surface area contributed by atoms with Gasteiger partial charge in [0, 0.05) is 16.0 Å². The Labute approximate surface area is 191 Å². The number of rotatable bonds is 2. The van der Waals surface area contributed by atoms with Crippen molar-refractivity contribution in [3.05, 3.63) is 108 Å². The van der Waals surface area contributed by atoms with E-state index in [4.69, 9.17) is 0 Å². The van der Waals surface area contributed by atoms with Crippen LogP contribution in [0.1, 0.15) is 5.56 Å². The largest absolute Gasteiger partial charge is 0.144 e. The number of thiophene rings is 1. The fourth-order valence-electron chi connectivity index (χ4n) is 5.43. The van der Waals surface area contributed by atoms with Crippen LogP contribution in [-0.4, -0.2) is 0 Å². The first kappa shape index (κ1) is 17.9. The summed E-state index contributed by atoms with van der Waals surface area (Å²) in [5.41, 5.74) is 10.8. The van der Waals surface area contributed by atoms with Crippen molar-refractivity contribution in [2.75, 3.05) is 0 Å². The maximum atomic E-state index is 2.31. The molecule has 1 aliphatic rings. The Morgan fingerprint density at radius 3 is 1.84 bits per heavy atom. The molecule has 0 nitrogen and oxygen atoms in total. The second-order valence-corrected chi connectivity index (χ2v) is 9.55.